The molecule has 0 radical (unpaired) electrons. The van der Waals surface area contributed by atoms with E-state index in [0.717, 1.165) is 12.1 Å². The summed E-state index contributed by atoms with van der Waals surface area (Å²) in [6.07, 6.45) is 0. The molecule has 0 bridgehead atoms. The molecule has 2 aromatic carbocycles. The second-order valence-electron chi connectivity index (χ2n) is 4.69. The summed E-state index contributed by atoms with van der Waals surface area (Å²) in [7, 11) is -4.27. The zero-order valence-electron chi connectivity index (χ0n) is 11.9. The average Bonchev–Trinajstić information content (AvgIpc) is 2.50. The second kappa shape index (κ2) is 6.64. The van der Waals surface area contributed by atoms with E-state index in [4.69, 9.17) is 11.6 Å². The number of carbonyl (C=O) groups excluding carboxylic acids is 1. The summed E-state index contributed by atoms with van der Waals surface area (Å²) in [6.45, 7) is 1.22. The van der Waals surface area contributed by atoms with Crippen LogP contribution in [-0.2, 0) is 14.8 Å². The van der Waals surface area contributed by atoms with E-state index in [9.17, 15) is 22.0 Å². The normalized spacial score (nSPS) is 12.7. The van der Waals surface area contributed by atoms with Gasteiger partial charge in [-0.05, 0) is 42.8 Å². The SMILES string of the molecule is CC(C(=O)Cl)N(c1ccc(F)cc1F)S(=O)(=O)c1ccccc1. The molecule has 1 atom stereocenters. The molecule has 0 N–H and O–H groups in total. The molecule has 0 spiro atoms. The maximum Gasteiger partial charge on any atom is 0.265 e. The number of benzene rings is 2. The van der Waals surface area contributed by atoms with Gasteiger partial charge in [-0.3, -0.25) is 9.10 Å². The molecule has 0 fully saturated rings. The van der Waals surface area contributed by atoms with E-state index in [1.54, 1.807) is 6.07 Å². The van der Waals surface area contributed by atoms with Crippen molar-refractivity contribution in [2.45, 2.75) is 17.9 Å². The third-order valence-corrected chi connectivity index (χ3v) is 5.34. The summed E-state index contributed by atoms with van der Waals surface area (Å²) in [5, 5.41) is -0.992. The Morgan fingerprint density at radius 3 is 2.26 bits per heavy atom. The highest BCUT2D eigenvalue weighted by atomic mass is 35.5. The van der Waals surface area contributed by atoms with Gasteiger partial charge in [0.1, 0.15) is 17.7 Å². The average molecular weight is 360 g/mol. The zero-order chi connectivity index (χ0) is 17.2. The quantitative estimate of drug-likeness (QED) is 0.769. The first-order valence-corrected chi connectivity index (χ1v) is 8.31. The van der Waals surface area contributed by atoms with E-state index in [-0.39, 0.29) is 4.90 Å². The number of halogens is 3. The number of carbonyl (C=O) groups is 1. The van der Waals surface area contributed by atoms with Crippen molar-refractivity contribution >= 4 is 32.6 Å². The largest absolute Gasteiger partial charge is 0.279 e. The minimum absolute atomic E-state index is 0.145. The lowest BCUT2D eigenvalue weighted by atomic mass is 10.2. The third-order valence-electron chi connectivity index (χ3n) is 3.13. The van der Waals surface area contributed by atoms with E-state index >= 15 is 0 Å². The lowest BCUT2D eigenvalue weighted by Crippen LogP contribution is -2.42. The minimum atomic E-state index is -4.27. The van der Waals surface area contributed by atoms with Gasteiger partial charge in [0, 0.05) is 6.07 Å². The van der Waals surface area contributed by atoms with Gasteiger partial charge >= 0.3 is 0 Å². The van der Waals surface area contributed by atoms with Gasteiger partial charge in [0.05, 0.1) is 10.6 Å². The molecule has 122 valence electrons. The summed E-state index contributed by atoms with van der Waals surface area (Å²) in [5.41, 5.74) is -0.461. The van der Waals surface area contributed by atoms with Crippen molar-refractivity contribution in [2.75, 3.05) is 4.31 Å². The van der Waals surface area contributed by atoms with Crippen LogP contribution in [0.25, 0.3) is 0 Å². The highest BCUT2D eigenvalue weighted by Crippen LogP contribution is 2.29. The molecule has 0 amide bonds. The fourth-order valence-corrected chi connectivity index (χ4v) is 3.81. The van der Waals surface area contributed by atoms with Gasteiger partial charge < -0.3 is 0 Å². The molecule has 8 heteroatoms. The second-order valence-corrected chi connectivity index (χ2v) is 6.88. The molecule has 0 saturated heterocycles. The molecule has 0 saturated carbocycles. The lowest BCUT2D eigenvalue weighted by Gasteiger charge is -2.28. The van der Waals surface area contributed by atoms with Crippen LogP contribution in [0.1, 0.15) is 6.92 Å². The summed E-state index contributed by atoms with van der Waals surface area (Å²) in [4.78, 5) is 11.3. The first kappa shape index (κ1) is 17.4. The monoisotopic (exact) mass is 359 g/mol. The first-order chi connectivity index (χ1) is 10.7. The number of hydrogen-bond donors (Lipinski definition) is 0. The fourth-order valence-electron chi connectivity index (χ4n) is 2.00. The Bertz CT molecular complexity index is 828. The fraction of sp³-hybridized carbons (Fsp3) is 0.133. The molecular weight excluding hydrogens is 348 g/mol. The van der Waals surface area contributed by atoms with Gasteiger partial charge in [-0.1, -0.05) is 18.2 Å². The molecular formula is C15H12ClF2NO3S. The van der Waals surface area contributed by atoms with Crippen molar-refractivity contribution in [3.8, 4) is 0 Å². The van der Waals surface area contributed by atoms with Crippen molar-refractivity contribution in [1.82, 2.24) is 0 Å². The van der Waals surface area contributed by atoms with Crippen LogP contribution in [0.5, 0.6) is 0 Å². The number of anilines is 1. The van der Waals surface area contributed by atoms with Crippen molar-refractivity contribution in [3.63, 3.8) is 0 Å². The number of rotatable bonds is 5. The van der Waals surface area contributed by atoms with E-state index in [0.29, 0.717) is 10.4 Å². The van der Waals surface area contributed by atoms with Crippen molar-refractivity contribution in [2.24, 2.45) is 0 Å². The van der Waals surface area contributed by atoms with Crippen LogP contribution in [0, 0.1) is 11.6 Å². The van der Waals surface area contributed by atoms with Crippen LogP contribution in [0.3, 0.4) is 0 Å². The highest BCUT2D eigenvalue weighted by molar-refractivity contribution is 7.93. The topological polar surface area (TPSA) is 54.5 Å². The first-order valence-electron chi connectivity index (χ1n) is 6.49. The Labute approximate surface area is 137 Å². The van der Waals surface area contributed by atoms with E-state index in [2.05, 4.69) is 0 Å². The van der Waals surface area contributed by atoms with Crippen LogP contribution in [-0.4, -0.2) is 19.7 Å². The van der Waals surface area contributed by atoms with Crippen LogP contribution < -0.4 is 4.31 Å². The Balaban J connectivity index is 2.66. The van der Waals surface area contributed by atoms with Gasteiger partial charge in [-0.25, -0.2) is 17.2 Å². The van der Waals surface area contributed by atoms with Gasteiger partial charge in [0.25, 0.3) is 10.0 Å². The third kappa shape index (κ3) is 3.51. The van der Waals surface area contributed by atoms with Gasteiger partial charge in [-0.2, -0.15) is 0 Å². The Morgan fingerprint density at radius 1 is 1.13 bits per heavy atom. The van der Waals surface area contributed by atoms with Crippen molar-refractivity contribution in [1.29, 1.82) is 0 Å². The predicted molar refractivity (Wildman–Crippen MR) is 82.8 cm³/mol. The van der Waals surface area contributed by atoms with E-state index < -0.39 is 38.6 Å². The molecule has 23 heavy (non-hydrogen) atoms. The van der Waals surface area contributed by atoms with Crippen LogP contribution >= 0.6 is 11.6 Å². The molecule has 2 rings (SSSR count). The molecule has 2 aromatic rings. The number of nitrogens with zero attached hydrogens (tertiary/aromatic N) is 1. The smallest absolute Gasteiger partial charge is 0.265 e. The van der Waals surface area contributed by atoms with E-state index in [1.165, 1.54) is 31.2 Å². The Hall–Kier alpha value is -1.99. The molecule has 0 heterocycles. The molecule has 0 aliphatic heterocycles. The summed E-state index contributed by atoms with van der Waals surface area (Å²) in [5.74, 6) is -1.98. The number of sulfonamides is 1. The van der Waals surface area contributed by atoms with Crippen LogP contribution in [0.15, 0.2) is 53.4 Å². The lowest BCUT2D eigenvalue weighted by molar-refractivity contribution is -0.112. The summed E-state index contributed by atoms with van der Waals surface area (Å²) >= 11 is 5.41. The molecule has 1 unspecified atom stereocenters. The maximum absolute atomic E-state index is 14.1. The highest BCUT2D eigenvalue weighted by Gasteiger charge is 2.34. The van der Waals surface area contributed by atoms with Gasteiger partial charge in [0.2, 0.25) is 5.24 Å². The van der Waals surface area contributed by atoms with Crippen LogP contribution in [0.2, 0.25) is 0 Å². The number of hydrogen-bond acceptors (Lipinski definition) is 3. The molecule has 0 aliphatic rings. The zero-order valence-corrected chi connectivity index (χ0v) is 13.5. The summed E-state index contributed by atoms with van der Waals surface area (Å²) < 4.78 is 53.2. The minimum Gasteiger partial charge on any atom is -0.279 e. The predicted octanol–water partition coefficient (Wildman–Crippen LogP) is 3.31. The van der Waals surface area contributed by atoms with Gasteiger partial charge in [-0.15, -0.1) is 0 Å². The van der Waals surface area contributed by atoms with Gasteiger partial charge in [0.15, 0.2) is 0 Å². The van der Waals surface area contributed by atoms with Crippen LogP contribution in [0.4, 0.5) is 14.5 Å². The van der Waals surface area contributed by atoms with E-state index in [1.807, 2.05) is 0 Å². The molecule has 0 aromatic heterocycles. The molecule has 4 nitrogen and oxygen atoms in total. The maximum atomic E-state index is 14.1. The summed E-state index contributed by atoms with van der Waals surface area (Å²) in [6, 6.07) is 8.19. The Kier molecular flexibility index (Phi) is 5.01. The standard InChI is InChI=1S/C15H12ClF2NO3S/c1-10(15(16)20)19(14-8-7-11(17)9-13(14)18)23(21,22)12-5-3-2-4-6-12/h2-10H,1H3. The van der Waals surface area contributed by atoms with Crippen molar-refractivity contribution < 1.29 is 22.0 Å². The van der Waals surface area contributed by atoms with Crippen molar-refractivity contribution in [3.05, 3.63) is 60.2 Å². The molecule has 0 aliphatic carbocycles. The Morgan fingerprint density at radius 2 is 1.74 bits per heavy atom.